The average Bonchev–Trinajstić information content (AvgIpc) is 2.87. The van der Waals surface area contributed by atoms with Crippen molar-refractivity contribution >= 4 is 18.0 Å². The topological polar surface area (TPSA) is 95.7 Å². The Balaban J connectivity index is 2.54. The number of nitrogens with two attached hydrogens (primary N) is 1. The minimum absolute atomic E-state index is 0.246. The van der Waals surface area contributed by atoms with E-state index in [1.54, 1.807) is 6.08 Å². The molecular formula is C20H29N3O3. The van der Waals surface area contributed by atoms with E-state index in [1.165, 1.54) is 0 Å². The quantitative estimate of drug-likeness (QED) is 0.310. The van der Waals surface area contributed by atoms with Crippen molar-refractivity contribution in [3.63, 3.8) is 0 Å². The molecule has 1 saturated heterocycles. The van der Waals surface area contributed by atoms with Gasteiger partial charge in [-0.15, -0.1) is 0 Å². The number of amides is 3. The highest BCUT2D eigenvalue weighted by molar-refractivity contribution is 6.08. The number of phenolic OH excluding ortho intramolecular Hbond substituents is 1. The fourth-order valence-electron chi connectivity index (χ4n) is 3.10. The monoisotopic (exact) mass is 359 g/mol. The molecule has 1 aliphatic rings. The maximum atomic E-state index is 12.4. The van der Waals surface area contributed by atoms with Crippen LogP contribution in [0.15, 0.2) is 17.7 Å². The number of rotatable bonds is 1. The Morgan fingerprint density at radius 2 is 1.65 bits per heavy atom. The molecule has 3 amide bonds. The van der Waals surface area contributed by atoms with Gasteiger partial charge in [-0.1, -0.05) is 41.5 Å². The van der Waals surface area contributed by atoms with Crippen LogP contribution in [0.5, 0.6) is 5.75 Å². The first-order valence-electron chi connectivity index (χ1n) is 8.77. The molecule has 0 spiro atoms. The fraction of sp³-hybridized carbons (Fsp3) is 0.500. The second kappa shape index (κ2) is 6.76. The van der Waals surface area contributed by atoms with Gasteiger partial charge in [-0.05, 0) is 41.0 Å². The Morgan fingerprint density at radius 1 is 1.15 bits per heavy atom. The van der Waals surface area contributed by atoms with Crippen LogP contribution in [0.2, 0.25) is 0 Å². The summed E-state index contributed by atoms with van der Waals surface area (Å²) in [5.41, 5.74) is 4.56. The predicted molar refractivity (Wildman–Crippen MR) is 103 cm³/mol. The van der Waals surface area contributed by atoms with Gasteiger partial charge in [0.2, 0.25) is 0 Å². The van der Waals surface area contributed by atoms with Gasteiger partial charge in [-0.25, -0.2) is 10.6 Å². The van der Waals surface area contributed by atoms with Gasteiger partial charge < -0.3 is 5.11 Å². The average molecular weight is 359 g/mol. The molecule has 1 heterocycles. The number of phenols is 1. The molecule has 6 nitrogen and oxygen atoms in total. The zero-order valence-corrected chi connectivity index (χ0v) is 16.4. The molecule has 2 rings (SSSR count). The molecule has 4 N–H and O–H groups in total. The molecule has 6 heteroatoms. The van der Waals surface area contributed by atoms with Crippen LogP contribution in [-0.4, -0.2) is 28.5 Å². The molecule has 0 radical (unpaired) electrons. The Morgan fingerprint density at radius 3 is 2.08 bits per heavy atom. The van der Waals surface area contributed by atoms with Crippen LogP contribution >= 0.6 is 0 Å². The third-order valence-electron chi connectivity index (χ3n) is 4.58. The minimum Gasteiger partial charge on any atom is -0.507 e. The highest BCUT2D eigenvalue weighted by Gasteiger charge is 2.31. The normalized spacial score (nSPS) is 17.1. The number of carbonyl (C=O) groups excluding carboxylic acids is 2. The lowest BCUT2D eigenvalue weighted by atomic mass is 9.78. The van der Waals surface area contributed by atoms with Crippen molar-refractivity contribution in [2.45, 2.75) is 58.8 Å². The van der Waals surface area contributed by atoms with Crippen molar-refractivity contribution in [2.75, 3.05) is 6.54 Å². The summed E-state index contributed by atoms with van der Waals surface area (Å²) in [4.78, 5) is 25.2. The number of aromatic hydroxyl groups is 1. The summed E-state index contributed by atoms with van der Waals surface area (Å²) in [6, 6.07) is 3.22. The first-order chi connectivity index (χ1) is 11.9. The zero-order valence-electron chi connectivity index (χ0n) is 16.4. The van der Waals surface area contributed by atoms with E-state index in [2.05, 4.69) is 0 Å². The number of nitrogens with one attached hydrogen (secondary N) is 1. The smallest absolute Gasteiger partial charge is 0.338 e. The van der Waals surface area contributed by atoms with Gasteiger partial charge in [0.25, 0.3) is 5.91 Å². The van der Waals surface area contributed by atoms with Gasteiger partial charge in [-0.2, -0.15) is 0 Å². The highest BCUT2D eigenvalue weighted by atomic mass is 16.3. The van der Waals surface area contributed by atoms with E-state index in [9.17, 15) is 14.7 Å². The predicted octanol–water partition coefficient (Wildman–Crippen LogP) is 3.19. The van der Waals surface area contributed by atoms with Crippen molar-refractivity contribution in [2.24, 2.45) is 5.84 Å². The summed E-state index contributed by atoms with van der Waals surface area (Å²) in [6.45, 7) is 12.6. The number of hydrogen-bond donors (Lipinski definition) is 3. The summed E-state index contributed by atoms with van der Waals surface area (Å²) >= 11 is 0. The second-order valence-corrected chi connectivity index (χ2v) is 8.79. The summed E-state index contributed by atoms with van der Waals surface area (Å²) in [5.74, 6) is 5.09. The number of benzene rings is 1. The molecule has 26 heavy (non-hydrogen) atoms. The fourth-order valence-corrected chi connectivity index (χ4v) is 3.10. The molecular weight excluding hydrogens is 330 g/mol. The summed E-state index contributed by atoms with van der Waals surface area (Å²) in [6.07, 6.45) is 2.28. The third-order valence-corrected chi connectivity index (χ3v) is 4.58. The van der Waals surface area contributed by atoms with Crippen LogP contribution in [0.25, 0.3) is 6.08 Å². The Bertz CT molecular complexity index is 732. The van der Waals surface area contributed by atoms with Crippen molar-refractivity contribution in [1.82, 2.24) is 10.3 Å². The van der Waals surface area contributed by atoms with Gasteiger partial charge in [0.15, 0.2) is 0 Å². The molecule has 1 aliphatic heterocycles. The van der Waals surface area contributed by atoms with E-state index in [0.29, 0.717) is 24.3 Å². The van der Waals surface area contributed by atoms with Crippen molar-refractivity contribution in [3.05, 3.63) is 34.4 Å². The molecule has 0 bridgehead atoms. The van der Waals surface area contributed by atoms with Crippen molar-refractivity contribution < 1.29 is 14.7 Å². The first kappa shape index (κ1) is 20.0. The molecule has 0 saturated carbocycles. The molecule has 0 aliphatic carbocycles. The van der Waals surface area contributed by atoms with Crippen LogP contribution in [0.3, 0.4) is 0 Å². The van der Waals surface area contributed by atoms with Gasteiger partial charge in [-0.3, -0.25) is 15.1 Å². The van der Waals surface area contributed by atoms with Crippen LogP contribution in [0.4, 0.5) is 4.79 Å². The van der Waals surface area contributed by atoms with E-state index in [1.807, 2.05) is 59.1 Å². The molecule has 142 valence electrons. The SMILES string of the molecule is CC(C)(C)c1cc(/C=C2\CCN(C(=O)NN)C2=O)cc(C(C)(C)C)c1O. The Kier molecular flexibility index (Phi) is 5.19. The molecule has 1 aromatic rings. The third kappa shape index (κ3) is 3.90. The van der Waals surface area contributed by atoms with Crippen LogP contribution in [0, 0.1) is 0 Å². The number of hydrazine groups is 1. The van der Waals surface area contributed by atoms with E-state index >= 15 is 0 Å². The standard InChI is InChI=1S/C20H29N3O3/c1-19(2,3)14-10-12(11-15(16(14)24)20(4,5)6)9-13-7-8-23(17(13)25)18(26)22-21/h9-11,24H,7-8,21H2,1-6H3,(H,22,26)/b13-9+. The number of likely N-dealkylation sites (tertiary alicyclic amines) is 1. The Labute approximate surface area is 155 Å². The van der Waals surface area contributed by atoms with Crippen LogP contribution < -0.4 is 11.3 Å². The van der Waals surface area contributed by atoms with Gasteiger partial charge >= 0.3 is 6.03 Å². The van der Waals surface area contributed by atoms with Crippen molar-refractivity contribution in [1.29, 1.82) is 0 Å². The minimum atomic E-state index is -0.602. The molecule has 1 fully saturated rings. The van der Waals surface area contributed by atoms with E-state index < -0.39 is 6.03 Å². The number of carbonyl (C=O) groups is 2. The lowest BCUT2D eigenvalue weighted by molar-refractivity contribution is -0.122. The lowest BCUT2D eigenvalue weighted by Crippen LogP contribution is -2.44. The van der Waals surface area contributed by atoms with Gasteiger partial charge in [0, 0.05) is 23.2 Å². The summed E-state index contributed by atoms with van der Waals surface area (Å²) in [5, 5.41) is 10.8. The van der Waals surface area contributed by atoms with Crippen molar-refractivity contribution in [3.8, 4) is 5.75 Å². The van der Waals surface area contributed by atoms with E-state index in [-0.39, 0.29) is 16.7 Å². The highest BCUT2D eigenvalue weighted by Crippen LogP contribution is 2.40. The number of hydrogen-bond acceptors (Lipinski definition) is 4. The van der Waals surface area contributed by atoms with Crippen LogP contribution in [0.1, 0.15) is 64.7 Å². The Hall–Kier alpha value is -2.34. The molecule has 0 aromatic heterocycles. The number of imide groups is 1. The van der Waals surface area contributed by atoms with E-state index in [0.717, 1.165) is 21.6 Å². The first-order valence-corrected chi connectivity index (χ1v) is 8.77. The lowest BCUT2D eigenvalue weighted by Gasteiger charge is -2.28. The maximum absolute atomic E-state index is 12.4. The largest absolute Gasteiger partial charge is 0.507 e. The van der Waals surface area contributed by atoms with E-state index in [4.69, 9.17) is 5.84 Å². The van der Waals surface area contributed by atoms with Gasteiger partial charge in [0.05, 0.1) is 0 Å². The zero-order chi connectivity index (χ0) is 19.9. The van der Waals surface area contributed by atoms with Gasteiger partial charge in [0.1, 0.15) is 5.75 Å². The molecule has 1 aromatic carbocycles. The summed E-state index contributed by atoms with van der Waals surface area (Å²) < 4.78 is 0. The second-order valence-electron chi connectivity index (χ2n) is 8.79. The van der Waals surface area contributed by atoms with Crippen LogP contribution in [-0.2, 0) is 15.6 Å². The summed E-state index contributed by atoms with van der Waals surface area (Å²) in [7, 11) is 0. The number of nitrogens with zero attached hydrogens (tertiary/aromatic N) is 1. The molecule has 0 unspecified atom stereocenters. The number of urea groups is 1. The molecule has 0 atom stereocenters. The maximum Gasteiger partial charge on any atom is 0.338 e.